The van der Waals surface area contributed by atoms with Crippen LogP contribution in [0, 0.1) is 0 Å². The Bertz CT molecular complexity index is 884. The van der Waals surface area contributed by atoms with Gasteiger partial charge in [0.15, 0.2) is 21.3 Å². The summed E-state index contributed by atoms with van der Waals surface area (Å²) in [6, 6.07) is 8.25. The number of halogens is 3. The predicted molar refractivity (Wildman–Crippen MR) is 97.9 cm³/mol. The van der Waals surface area contributed by atoms with E-state index in [2.05, 4.69) is 15.9 Å². The highest BCUT2D eigenvalue weighted by Crippen LogP contribution is 2.36. The molecule has 8 heteroatoms. The highest BCUT2D eigenvalue weighted by Gasteiger charge is 2.20. The van der Waals surface area contributed by atoms with Crippen molar-refractivity contribution in [2.75, 3.05) is 13.2 Å². The van der Waals surface area contributed by atoms with Gasteiger partial charge in [-0.3, -0.25) is 0 Å². The summed E-state index contributed by atoms with van der Waals surface area (Å²) in [7, 11) is -3.39. The summed E-state index contributed by atoms with van der Waals surface area (Å²) in [5, 5.41) is 0.734. The van der Waals surface area contributed by atoms with Gasteiger partial charge in [-0.25, -0.2) is 8.42 Å². The fraction of sp³-hybridized carbons (Fsp3) is 0.250. The molecule has 128 valence electrons. The summed E-state index contributed by atoms with van der Waals surface area (Å²) in [6.07, 6.45) is 0. The number of hydrogen-bond donors (Lipinski definition) is 0. The van der Waals surface area contributed by atoms with Crippen LogP contribution in [0.15, 0.2) is 34.8 Å². The molecule has 0 radical (unpaired) electrons. The number of ether oxygens (including phenoxy) is 2. The summed E-state index contributed by atoms with van der Waals surface area (Å²) in [5.74, 6) is 0.929. The minimum atomic E-state index is -3.39. The lowest BCUT2D eigenvalue weighted by Gasteiger charge is -2.20. The van der Waals surface area contributed by atoms with E-state index < -0.39 is 9.84 Å². The first kappa shape index (κ1) is 17.9. The van der Waals surface area contributed by atoms with E-state index >= 15 is 0 Å². The van der Waals surface area contributed by atoms with Gasteiger partial charge in [-0.05, 0) is 35.4 Å². The van der Waals surface area contributed by atoms with Crippen molar-refractivity contribution in [2.45, 2.75) is 11.5 Å². The minimum Gasteiger partial charge on any atom is -0.486 e. The second kappa shape index (κ2) is 7.12. The predicted octanol–water partition coefficient (Wildman–Crippen LogP) is 4.64. The van der Waals surface area contributed by atoms with E-state index in [0.717, 1.165) is 0 Å². The molecule has 0 spiro atoms. The Morgan fingerprint density at radius 3 is 2.29 bits per heavy atom. The summed E-state index contributed by atoms with van der Waals surface area (Å²) < 4.78 is 36.7. The van der Waals surface area contributed by atoms with Crippen molar-refractivity contribution in [1.82, 2.24) is 0 Å². The van der Waals surface area contributed by atoms with Crippen LogP contribution in [0.3, 0.4) is 0 Å². The topological polar surface area (TPSA) is 52.6 Å². The maximum absolute atomic E-state index is 12.5. The van der Waals surface area contributed by atoms with Crippen LogP contribution in [0.5, 0.6) is 11.5 Å². The van der Waals surface area contributed by atoms with Crippen molar-refractivity contribution in [2.24, 2.45) is 0 Å². The van der Waals surface area contributed by atoms with E-state index in [4.69, 9.17) is 32.7 Å². The van der Waals surface area contributed by atoms with Crippen LogP contribution in [0.2, 0.25) is 10.0 Å². The summed E-state index contributed by atoms with van der Waals surface area (Å²) in [6.45, 7) is 0.929. The van der Waals surface area contributed by atoms with Crippen molar-refractivity contribution in [3.8, 4) is 11.5 Å². The van der Waals surface area contributed by atoms with E-state index in [1.165, 1.54) is 0 Å². The average molecular weight is 452 g/mol. The largest absolute Gasteiger partial charge is 0.486 e. The highest BCUT2D eigenvalue weighted by atomic mass is 79.9. The Morgan fingerprint density at radius 1 is 0.958 bits per heavy atom. The molecule has 0 amide bonds. The van der Waals surface area contributed by atoms with Crippen LogP contribution in [0.4, 0.5) is 0 Å². The van der Waals surface area contributed by atoms with Gasteiger partial charge in [0.25, 0.3) is 0 Å². The molecule has 0 aliphatic carbocycles. The fourth-order valence-electron chi connectivity index (χ4n) is 2.39. The fourth-order valence-corrected chi connectivity index (χ4v) is 4.86. The van der Waals surface area contributed by atoms with E-state index in [1.54, 1.807) is 30.3 Å². The maximum Gasteiger partial charge on any atom is 0.162 e. The molecule has 1 aliphatic heterocycles. The maximum atomic E-state index is 12.5. The number of benzene rings is 2. The van der Waals surface area contributed by atoms with E-state index in [-0.39, 0.29) is 11.5 Å². The molecule has 0 N–H and O–H groups in total. The van der Waals surface area contributed by atoms with Crippen LogP contribution in [-0.2, 0) is 21.3 Å². The number of fused-ring (bicyclic) bond motifs is 1. The van der Waals surface area contributed by atoms with Crippen LogP contribution in [0.1, 0.15) is 11.1 Å². The molecule has 0 atom stereocenters. The first-order valence-corrected chi connectivity index (χ1v) is 10.4. The standard InChI is InChI=1S/C16H13BrCl2O4S/c17-12-7-16-15(22-3-4-23-16)6-11(12)9-24(20,21)8-10-1-2-13(18)14(19)5-10/h1-2,5-7H,3-4,8-9H2. The van der Waals surface area contributed by atoms with Gasteiger partial charge in [-0.1, -0.05) is 45.2 Å². The first-order valence-electron chi connectivity index (χ1n) is 7.06. The highest BCUT2D eigenvalue weighted by molar-refractivity contribution is 9.10. The van der Waals surface area contributed by atoms with Crippen molar-refractivity contribution in [3.63, 3.8) is 0 Å². The normalized spacial score (nSPS) is 13.8. The number of rotatable bonds is 4. The Kier molecular flexibility index (Phi) is 5.30. The summed E-state index contributed by atoms with van der Waals surface area (Å²) in [5.41, 5.74) is 1.22. The van der Waals surface area contributed by atoms with Crippen LogP contribution in [-0.4, -0.2) is 21.6 Å². The van der Waals surface area contributed by atoms with Crippen LogP contribution < -0.4 is 9.47 Å². The second-order valence-corrected chi connectivity index (χ2v) is 9.10. The first-order chi connectivity index (χ1) is 11.3. The van der Waals surface area contributed by atoms with E-state index in [0.29, 0.717) is 50.4 Å². The lowest BCUT2D eigenvalue weighted by molar-refractivity contribution is 0.171. The lowest BCUT2D eigenvalue weighted by Crippen LogP contribution is -2.16. The Labute approximate surface area is 158 Å². The molecule has 4 nitrogen and oxygen atoms in total. The molecular weight excluding hydrogens is 439 g/mol. The molecule has 0 unspecified atom stereocenters. The van der Waals surface area contributed by atoms with Crippen LogP contribution in [0.25, 0.3) is 0 Å². The van der Waals surface area contributed by atoms with Gasteiger partial charge in [0.1, 0.15) is 13.2 Å². The van der Waals surface area contributed by atoms with Crippen molar-refractivity contribution < 1.29 is 17.9 Å². The number of hydrogen-bond acceptors (Lipinski definition) is 4. The molecule has 0 fully saturated rings. The molecule has 2 aromatic carbocycles. The molecule has 0 saturated carbocycles. The van der Waals surface area contributed by atoms with Gasteiger partial charge in [-0.2, -0.15) is 0 Å². The molecule has 0 bridgehead atoms. The third kappa shape index (κ3) is 4.17. The lowest BCUT2D eigenvalue weighted by atomic mass is 10.2. The third-order valence-electron chi connectivity index (χ3n) is 3.46. The van der Waals surface area contributed by atoms with Crippen LogP contribution >= 0.6 is 39.1 Å². The average Bonchev–Trinajstić information content (AvgIpc) is 2.51. The third-order valence-corrected chi connectivity index (χ3v) is 6.46. The zero-order chi connectivity index (χ0) is 17.3. The smallest absolute Gasteiger partial charge is 0.162 e. The molecule has 2 aromatic rings. The summed E-state index contributed by atoms with van der Waals surface area (Å²) in [4.78, 5) is 0. The molecule has 1 aliphatic rings. The zero-order valence-corrected chi connectivity index (χ0v) is 16.3. The Hall–Kier alpha value is -0.950. The van der Waals surface area contributed by atoms with Gasteiger partial charge in [0, 0.05) is 4.47 Å². The molecular formula is C16H13BrCl2O4S. The monoisotopic (exact) mass is 450 g/mol. The van der Waals surface area contributed by atoms with E-state index in [9.17, 15) is 8.42 Å². The quantitative estimate of drug-likeness (QED) is 0.679. The van der Waals surface area contributed by atoms with Crippen molar-refractivity contribution in [3.05, 3.63) is 56.0 Å². The van der Waals surface area contributed by atoms with Gasteiger partial charge < -0.3 is 9.47 Å². The molecule has 24 heavy (non-hydrogen) atoms. The van der Waals surface area contributed by atoms with Gasteiger partial charge in [0.2, 0.25) is 0 Å². The SMILES string of the molecule is O=S(=O)(Cc1ccc(Cl)c(Cl)c1)Cc1cc2c(cc1Br)OCCO2. The second-order valence-electron chi connectivity index (χ2n) is 5.37. The Balaban J connectivity index is 1.82. The van der Waals surface area contributed by atoms with Crippen molar-refractivity contribution >= 4 is 49.0 Å². The Morgan fingerprint density at radius 2 is 1.62 bits per heavy atom. The van der Waals surface area contributed by atoms with Crippen molar-refractivity contribution in [1.29, 1.82) is 0 Å². The van der Waals surface area contributed by atoms with Gasteiger partial charge >= 0.3 is 0 Å². The van der Waals surface area contributed by atoms with E-state index in [1.807, 2.05) is 0 Å². The molecule has 1 heterocycles. The summed E-state index contributed by atoms with van der Waals surface area (Å²) >= 11 is 15.2. The van der Waals surface area contributed by atoms with Gasteiger partial charge in [0.05, 0.1) is 21.6 Å². The molecule has 3 rings (SSSR count). The molecule has 0 aromatic heterocycles. The minimum absolute atomic E-state index is 0.120. The number of sulfone groups is 1. The molecule has 0 saturated heterocycles. The zero-order valence-electron chi connectivity index (χ0n) is 12.4. The van der Waals surface area contributed by atoms with Gasteiger partial charge in [-0.15, -0.1) is 0 Å².